The van der Waals surface area contributed by atoms with Gasteiger partial charge in [0.1, 0.15) is 11.0 Å². The molecule has 2 aliphatic carbocycles. The normalized spacial score (nSPS) is 29.4. The molecule has 1 heterocycles. The molecule has 2 bridgehead atoms. The summed E-state index contributed by atoms with van der Waals surface area (Å²) in [5, 5.41) is 0.317. The van der Waals surface area contributed by atoms with Gasteiger partial charge in [0.05, 0.1) is 0 Å². The van der Waals surface area contributed by atoms with Gasteiger partial charge in [-0.05, 0) is 37.0 Å². The van der Waals surface area contributed by atoms with Crippen LogP contribution in [0.3, 0.4) is 0 Å². The van der Waals surface area contributed by atoms with Crippen LogP contribution in [0.25, 0.3) is 0 Å². The third-order valence-corrected chi connectivity index (χ3v) is 5.02. The Morgan fingerprint density at radius 2 is 2.21 bits per heavy atom. The summed E-state index contributed by atoms with van der Waals surface area (Å²) in [6, 6.07) is 1.45. The molecule has 0 amide bonds. The smallest absolute Gasteiger partial charge is 0.254 e. The van der Waals surface area contributed by atoms with Crippen molar-refractivity contribution < 1.29 is 0 Å². The molecule has 3 atom stereocenters. The van der Waals surface area contributed by atoms with Crippen molar-refractivity contribution in [2.75, 3.05) is 0 Å². The highest BCUT2D eigenvalue weighted by Crippen LogP contribution is 2.48. The molecular weight excluding hydrogens is 260 g/mol. The van der Waals surface area contributed by atoms with Crippen molar-refractivity contribution >= 4 is 11.6 Å². The second-order valence-corrected chi connectivity index (χ2v) is 6.86. The van der Waals surface area contributed by atoms with Crippen molar-refractivity contribution in [1.29, 1.82) is 0 Å². The molecule has 2 fully saturated rings. The number of hydrogen-bond acceptors (Lipinski definition) is 2. The lowest BCUT2D eigenvalue weighted by molar-refractivity contribution is 0.287. The van der Waals surface area contributed by atoms with E-state index in [1.807, 2.05) is 4.57 Å². The molecule has 1 aromatic rings. The zero-order valence-corrected chi connectivity index (χ0v) is 12.4. The summed E-state index contributed by atoms with van der Waals surface area (Å²) in [5.74, 6) is 3.46. The van der Waals surface area contributed by atoms with Crippen LogP contribution < -0.4 is 5.56 Å². The van der Waals surface area contributed by atoms with Crippen molar-refractivity contribution in [2.24, 2.45) is 17.8 Å². The van der Waals surface area contributed by atoms with E-state index in [-0.39, 0.29) is 11.5 Å². The van der Waals surface area contributed by atoms with E-state index in [0.717, 1.165) is 24.2 Å². The quantitative estimate of drug-likeness (QED) is 0.795. The lowest BCUT2D eigenvalue weighted by Gasteiger charge is -2.24. The first kappa shape index (κ1) is 13.2. The Balaban J connectivity index is 1.90. The van der Waals surface area contributed by atoms with Gasteiger partial charge < -0.3 is 0 Å². The maximum Gasteiger partial charge on any atom is 0.254 e. The van der Waals surface area contributed by atoms with Gasteiger partial charge in [-0.2, -0.15) is 0 Å². The van der Waals surface area contributed by atoms with Gasteiger partial charge in [0.25, 0.3) is 5.56 Å². The van der Waals surface area contributed by atoms with Gasteiger partial charge in [-0.25, -0.2) is 4.98 Å². The Hall–Kier alpha value is -0.830. The van der Waals surface area contributed by atoms with E-state index in [2.05, 4.69) is 18.8 Å². The Labute approximate surface area is 119 Å². The zero-order valence-electron chi connectivity index (χ0n) is 11.6. The molecule has 3 rings (SSSR count). The highest BCUT2D eigenvalue weighted by atomic mass is 35.5. The summed E-state index contributed by atoms with van der Waals surface area (Å²) in [6.45, 7) is 4.96. The predicted molar refractivity (Wildman–Crippen MR) is 76.5 cm³/mol. The van der Waals surface area contributed by atoms with Gasteiger partial charge in [-0.15, -0.1) is 0 Å². The zero-order chi connectivity index (χ0) is 13.6. The van der Waals surface area contributed by atoms with Crippen LogP contribution in [0.5, 0.6) is 0 Å². The van der Waals surface area contributed by atoms with Crippen LogP contribution in [0.4, 0.5) is 0 Å². The van der Waals surface area contributed by atoms with Crippen LogP contribution in [0.2, 0.25) is 5.15 Å². The summed E-state index contributed by atoms with van der Waals surface area (Å²) in [7, 11) is 0. The van der Waals surface area contributed by atoms with Crippen LogP contribution >= 0.6 is 11.6 Å². The van der Waals surface area contributed by atoms with E-state index in [4.69, 9.17) is 11.6 Å². The van der Waals surface area contributed by atoms with Gasteiger partial charge in [0.2, 0.25) is 0 Å². The lowest BCUT2D eigenvalue weighted by atomic mass is 9.88. The molecule has 0 saturated heterocycles. The minimum Gasteiger partial charge on any atom is -0.296 e. The van der Waals surface area contributed by atoms with Gasteiger partial charge in [-0.1, -0.05) is 31.9 Å². The third-order valence-electron chi connectivity index (χ3n) is 4.82. The topological polar surface area (TPSA) is 34.9 Å². The van der Waals surface area contributed by atoms with E-state index in [0.29, 0.717) is 11.1 Å². The van der Waals surface area contributed by atoms with E-state index in [9.17, 15) is 4.79 Å². The molecule has 0 radical (unpaired) electrons. The highest BCUT2D eigenvalue weighted by molar-refractivity contribution is 6.29. The summed E-state index contributed by atoms with van der Waals surface area (Å²) >= 11 is 5.92. The third kappa shape index (κ3) is 2.45. The van der Waals surface area contributed by atoms with Crippen molar-refractivity contribution in [3.63, 3.8) is 0 Å². The maximum absolute atomic E-state index is 12.2. The van der Waals surface area contributed by atoms with Crippen LogP contribution in [0.15, 0.2) is 10.9 Å². The fourth-order valence-corrected chi connectivity index (χ4v) is 4.13. The second kappa shape index (κ2) is 4.93. The van der Waals surface area contributed by atoms with Crippen LogP contribution in [0, 0.1) is 17.8 Å². The van der Waals surface area contributed by atoms with E-state index >= 15 is 0 Å². The van der Waals surface area contributed by atoms with E-state index < -0.39 is 0 Å². The van der Waals surface area contributed by atoms with Crippen molar-refractivity contribution in [1.82, 2.24) is 9.55 Å². The SMILES string of the molecule is CC(C)c1nc(Cl)cc(=O)n1CC1CC2CCC1C2. The summed E-state index contributed by atoms with van der Waals surface area (Å²) in [6.07, 6.45) is 5.41. The van der Waals surface area contributed by atoms with Gasteiger partial charge >= 0.3 is 0 Å². The molecule has 4 heteroatoms. The molecule has 2 aliphatic rings. The Morgan fingerprint density at radius 1 is 1.42 bits per heavy atom. The van der Waals surface area contributed by atoms with Gasteiger partial charge in [0, 0.05) is 18.5 Å². The van der Waals surface area contributed by atoms with Crippen molar-refractivity contribution in [3.8, 4) is 0 Å². The second-order valence-electron chi connectivity index (χ2n) is 6.48. The molecule has 1 aromatic heterocycles. The fourth-order valence-electron chi connectivity index (χ4n) is 3.95. The number of halogens is 1. The highest BCUT2D eigenvalue weighted by Gasteiger charge is 2.39. The molecule has 3 unspecified atom stereocenters. The lowest BCUT2D eigenvalue weighted by Crippen LogP contribution is -2.30. The first-order chi connectivity index (χ1) is 9.04. The molecule has 0 aromatic carbocycles. The molecule has 0 aliphatic heterocycles. The first-order valence-electron chi connectivity index (χ1n) is 7.32. The van der Waals surface area contributed by atoms with E-state index in [1.54, 1.807) is 0 Å². The predicted octanol–water partition coefficient (Wildman–Crippen LogP) is 3.46. The van der Waals surface area contributed by atoms with E-state index in [1.165, 1.54) is 31.7 Å². The average molecular weight is 281 g/mol. The summed E-state index contributed by atoms with van der Waals surface area (Å²) in [4.78, 5) is 16.6. The minimum atomic E-state index is 0.00599. The molecule has 0 N–H and O–H groups in total. The Bertz CT molecular complexity index is 537. The molecular formula is C15H21ClN2O. The Morgan fingerprint density at radius 3 is 2.79 bits per heavy atom. The Kier molecular flexibility index (Phi) is 3.42. The number of rotatable bonds is 3. The molecule has 104 valence electrons. The number of fused-ring (bicyclic) bond motifs is 2. The monoisotopic (exact) mass is 280 g/mol. The molecule has 19 heavy (non-hydrogen) atoms. The van der Waals surface area contributed by atoms with Gasteiger partial charge in [0.15, 0.2) is 0 Å². The molecule has 2 saturated carbocycles. The molecule has 0 spiro atoms. The number of aromatic nitrogens is 2. The van der Waals surface area contributed by atoms with Crippen LogP contribution in [-0.4, -0.2) is 9.55 Å². The number of nitrogens with zero attached hydrogens (tertiary/aromatic N) is 2. The summed E-state index contributed by atoms with van der Waals surface area (Å²) < 4.78 is 1.86. The first-order valence-corrected chi connectivity index (χ1v) is 7.69. The van der Waals surface area contributed by atoms with Gasteiger partial charge in [-0.3, -0.25) is 9.36 Å². The largest absolute Gasteiger partial charge is 0.296 e. The van der Waals surface area contributed by atoms with Crippen LogP contribution in [-0.2, 0) is 6.54 Å². The standard InChI is InChI=1S/C15H21ClN2O/c1-9(2)15-17-13(16)7-14(19)18(15)8-12-6-10-3-4-11(12)5-10/h7,9-12H,3-6,8H2,1-2H3. The molecule has 3 nitrogen and oxygen atoms in total. The maximum atomic E-state index is 12.2. The fraction of sp³-hybridized carbons (Fsp3) is 0.733. The van der Waals surface area contributed by atoms with Crippen LogP contribution in [0.1, 0.15) is 51.3 Å². The minimum absolute atomic E-state index is 0.00599. The number of hydrogen-bond donors (Lipinski definition) is 0. The summed E-state index contributed by atoms with van der Waals surface area (Å²) in [5.41, 5.74) is 0.00599. The average Bonchev–Trinajstić information content (AvgIpc) is 2.93. The van der Waals surface area contributed by atoms with Crippen molar-refractivity contribution in [2.45, 2.75) is 52.0 Å². The van der Waals surface area contributed by atoms with Crippen molar-refractivity contribution in [3.05, 3.63) is 27.4 Å².